The number of nitrogens with one attached hydrogen (secondary N) is 1. The SMILES string of the molecule is CCOC(=O)[C@@H]1[C@H]2C(=O)N(CCCO)C(C(=O)NCCN3CCOCC3)C23CC(C)[C@@]1(C)O3. The number of likely N-dealkylation sites (tertiary alicyclic amines) is 1. The summed E-state index contributed by atoms with van der Waals surface area (Å²) in [5.41, 5.74) is -1.93. The number of morpholine rings is 1. The summed E-state index contributed by atoms with van der Waals surface area (Å²) in [5, 5.41) is 12.4. The molecule has 33 heavy (non-hydrogen) atoms. The largest absolute Gasteiger partial charge is 0.466 e. The number of aliphatic hydroxyl groups is 1. The predicted octanol–water partition coefficient (Wildman–Crippen LogP) is -0.609. The molecule has 3 unspecified atom stereocenters. The van der Waals surface area contributed by atoms with Crippen molar-refractivity contribution in [3.05, 3.63) is 0 Å². The zero-order chi connectivity index (χ0) is 23.8. The Morgan fingerprint density at radius 1 is 1.27 bits per heavy atom. The van der Waals surface area contributed by atoms with Gasteiger partial charge in [-0.1, -0.05) is 6.92 Å². The molecule has 1 spiro atoms. The second kappa shape index (κ2) is 9.48. The van der Waals surface area contributed by atoms with Gasteiger partial charge in [-0.3, -0.25) is 19.3 Å². The van der Waals surface area contributed by atoms with Gasteiger partial charge < -0.3 is 29.5 Å². The third-order valence-corrected chi connectivity index (χ3v) is 7.99. The smallest absolute Gasteiger partial charge is 0.312 e. The summed E-state index contributed by atoms with van der Waals surface area (Å²) in [7, 11) is 0. The third kappa shape index (κ3) is 3.94. The van der Waals surface area contributed by atoms with E-state index in [2.05, 4.69) is 10.2 Å². The molecule has 2 bridgehead atoms. The number of amides is 2. The number of aliphatic hydroxyl groups excluding tert-OH is 1. The van der Waals surface area contributed by atoms with Crippen molar-refractivity contribution in [1.82, 2.24) is 15.1 Å². The summed E-state index contributed by atoms with van der Waals surface area (Å²) >= 11 is 0. The van der Waals surface area contributed by atoms with Gasteiger partial charge in [0.25, 0.3) is 0 Å². The second-order valence-corrected chi connectivity index (χ2v) is 9.81. The number of rotatable bonds is 9. The molecule has 0 aromatic carbocycles. The van der Waals surface area contributed by atoms with Crippen LogP contribution >= 0.6 is 0 Å². The van der Waals surface area contributed by atoms with Crippen LogP contribution in [-0.4, -0.2) is 109 Å². The lowest BCUT2D eigenvalue weighted by molar-refractivity contribution is -0.161. The Morgan fingerprint density at radius 2 is 2.00 bits per heavy atom. The Balaban J connectivity index is 1.58. The summed E-state index contributed by atoms with van der Waals surface area (Å²) in [4.78, 5) is 43.9. The normalized spacial score (nSPS) is 37.9. The quantitative estimate of drug-likeness (QED) is 0.432. The van der Waals surface area contributed by atoms with E-state index in [-0.39, 0.29) is 37.5 Å². The van der Waals surface area contributed by atoms with Crippen molar-refractivity contribution in [2.45, 2.75) is 50.9 Å². The van der Waals surface area contributed by atoms with Crippen molar-refractivity contribution in [3.63, 3.8) is 0 Å². The lowest BCUT2D eigenvalue weighted by Crippen LogP contribution is -2.56. The molecule has 4 aliphatic rings. The Hall–Kier alpha value is -1.75. The Morgan fingerprint density at radius 3 is 2.67 bits per heavy atom. The van der Waals surface area contributed by atoms with Gasteiger partial charge in [-0.05, 0) is 32.6 Å². The maximum atomic E-state index is 13.6. The van der Waals surface area contributed by atoms with E-state index < -0.39 is 35.0 Å². The number of fused-ring (bicyclic) bond motifs is 1. The zero-order valence-corrected chi connectivity index (χ0v) is 19.9. The minimum Gasteiger partial charge on any atom is -0.466 e. The molecule has 0 radical (unpaired) electrons. The van der Waals surface area contributed by atoms with E-state index in [9.17, 15) is 19.5 Å². The molecular formula is C23H37N3O7. The van der Waals surface area contributed by atoms with Gasteiger partial charge in [0.2, 0.25) is 11.8 Å². The van der Waals surface area contributed by atoms with Gasteiger partial charge in [0.05, 0.1) is 31.3 Å². The van der Waals surface area contributed by atoms with Gasteiger partial charge in [0, 0.05) is 39.3 Å². The van der Waals surface area contributed by atoms with E-state index in [1.54, 1.807) is 6.92 Å². The van der Waals surface area contributed by atoms with Crippen molar-refractivity contribution < 1.29 is 33.7 Å². The molecule has 2 N–H and O–H groups in total. The number of carbonyl (C=O) groups excluding carboxylic acids is 3. The molecule has 10 heteroatoms. The molecule has 4 aliphatic heterocycles. The molecule has 186 valence electrons. The van der Waals surface area contributed by atoms with Crippen LogP contribution in [0, 0.1) is 17.8 Å². The zero-order valence-electron chi connectivity index (χ0n) is 19.9. The monoisotopic (exact) mass is 467 g/mol. The Labute approximate surface area is 194 Å². The molecule has 0 saturated carbocycles. The Kier molecular flexibility index (Phi) is 7.00. The molecular weight excluding hydrogens is 430 g/mol. The maximum absolute atomic E-state index is 13.6. The number of nitrogens with zero attached hydrogens (tertiary/aromatic N) is 2. The van der Waals surface area contributed by atoms with Crippen LogP contribution in [0.15, 0.2) is 0 Å². The number of ether oxygens (including phenoxy) is 3. The Bertz CT molecular complexity index is 773. The van der Waals surface area contributed by atoms with Crippen LogP contribution < -0.4 is 5.32 Å². The van der Waals surface area contributed by atoms with Crippen molar-refractivity contribution in [2.24, 2.45) is 17.8 Å². The molecule has 4 heterocycles. The van der Waals surface area contributed by atoms with E-state index in [1.165, 1.54) is 4.90 Å². The summed E-state index contributed by atoms with van der Waals surface area (Å²) < 4.78 is 17.3. The minimum atomic E-state index is -1.07. The number of hydrogen-bond donors (Lipinski definition) is 2. The molecule has 2 amide bonds. The first-order valence-electron chi connectivity index (χ1n) is 12.2. The van der Waals surface area contributed by atoms with Crippen LogP contribution in [0.25, 0.3) is 0 Å². The first kappa shape index (κ1) is 24.4. The van der Waals surface area contributed by atoms with Gasteiger partial charge in [-0.15, -0.1) is 0 Å². The van der Waals surface area contributed by atoms with Crippen molar-refractivity contribution in [1.29, 1.82) is 0 Å². The molecule has 6 atom stereocenters. The fourth-order valence-corrected chi connectivity index (χ4v) is 6.37. The van der Waals surface area contributed by atoms with Crippen LogP contribution in [-0.2, 0) is 28.6 Å². The molecule has 4 rings (SSSR count). The standard InChI is InChI=1S/C23H37N3O7/c1-4-32-21(30)17-16-20(29)26(7-5-11-27)18(23(16)14-15(2)22(17,3)33-23)19(28)24-6-8-25-9-12-31-13-10-25/h15-18,27H,4-14H2,1-3H3,(H,24,28)/t15?,16-,17-,18?,22+,23?/m0/s1. The number of esters is 1. The number of hydrogen-bond acceptors (Lipinski definition) is 8. The molecule has 10 nitrogen and oxygen atoms in total. The van der Waals surface area contributed by atoms with E-state index in [0.29, 0.717) is 39.1 Å². The van der Waals surface area contributed by atoms with Gasteiger partial charge in [-0.2, -0.15) is 0 Å². The highest BCUT2D eigenvalue weighted by molar-refractivity contribution is 5.98. The fraction of sp³-hybridized carbons (Fsp3) is 0.870. The van der Waals surface area contributed by atoms with Gasteiger partial charge >= 0.3 is 5.97 Å². The molecule has 4 fully saturated rings. The average molecular weight is 468 g/mol. The third-order valence-electron chi connectivity index (χ3n) is 7.99. The van der Waals surface area contributed by atoms with Crippen molar-refractivity contribution in [2.75, 3.05) is 59.2 Å². The molecule has 0 aromatic rings. The molecule has 4 saturated heterocycles. The average Bonchev–Trinajstić information content (AvgIpc) is 3.30. The summed E-state index contributed by atoms with van der Waals surface area (Å²) in [5.74, 6) is -2.49. The highest BCUT2D eigenvalue weighted by Gasteiger charge is 2.80. The van der Waals surface area contributed by atoms with Gasteiger partial charge in [0.15, 0.2) is 0 Å². The van der Waals surface area contributed by atoms with Crippen LogP contribution in [0.1, 0.15) is 33.6 Å². The van der Waals surface area contributed by atoms with Crippen molar-refractivity contribution in [3.8, 4) is 0 Å². The van der Waals surface area contributed by atoms with Crippen LogP contribution in [0.5, 0.6) is 0 Å². The van der Waals surface area contributed by atoms with Crippen LogP contribution in [0.4, 0.5) is 0 Å². The van der Waals surface area contributed by atoms with Gasteiger partial charge in [-0.25, -0.2) is 0 Å². The summed E-state index contributed by atoms with van der Waals surface area (Å²) in [6.45, 7) is 10.1. The van der Waals surface area contributed by atoms with E-state index in [0.717, 1.165) is 13.1 Å². The van der Waals surface area contributed by atoms with E-state index in [1.807, 2.05) is 13.8 Å². The highest BCUT2D eigenvalue weighted by Crippen LogP contribution is 2.65. The lowest BCUT2D eigenvalue weighted by atomic mass is 9.62. The van der Waals surface area contributed by atoms with Crippen LogP contribution in [0.2, 0.25) is 0 Å². The summed E-state index contributed by atoms with van der Waals surface area (Å²) in [6.07, 6.45) is 0.871. The minimum absolute atomic E-state index is 0.0163. The first-order valence-corrected chi connectivity index (χ1v) is 12.2. The van der Waals surface area contributed by atoms with E-state index in [4.69, 9.17) is 14.2 Å². The predicted molar refractivity (Wildman–Crippen MR) is 117 cm³/mol. The summed E-state index contributed by atoms with van der Waals surface area (Å²) in [6, 6.07) is -0.838. The highest BCUT2D eigenvalue weighted by atomic mass is 16.6. The van der Waals surface area contributed by atoms with Gasteiger partial charge in [0.1, 0.15) is 17.6 Å². The first-order chi connectivity index (χ1) is 15.8. The molecule has 0 aliphatic carbocycles. The second-order valence-electron chi connectivity index (χ2n) is 9.81. The fourth-order valence-electron chi connectivity index (χ4n) is 6.37. The van der Waals surface area contributed by atoms with E-state index >= 15 is 0 Å². The maximum Gasteiger partial charge on any atom is 0.312 e. The van der Waals surface area contributed by atoms with Crippen molar-refractivity contribution >= 4 is 17.8 Å². The molecule has 0 aromatic heterocycles. The van der Waals surface area contributed by atoms with Crippen LogP contribution in [0.3, 0.4) is 0 Å². The topological polar surface area (TPSA) is 118 Å². The number of carbonyl (C=O) groups is 3. The lowest BCUT2D eigenvalue weighted by Gasteiger charge is -2.35.